The Labute approximate surface area is 179 Å². The van der Waals surface area contributed by atoms with Crippen LogP contribution >= 0.6 is 0 Å². The number of anilines is 1. The van der Waals surface area contributed by atoms with Gasteiger partial charge in [0.25, 0.3) is 0 Å². The maximum Gasteiger partial charge on any atom is 0.321 e. The number of hydrogen-bond donors (Lipinski definition) is 1. The van der Waals surface area contributed by atoms with Crippen molar-refractivity contribution in [1.82, 2.24) is 9.80 Å². The number of hydrogen-bond acceptors (Lipinski definition) is 2. The molecule has 3 amide bonds. The quantitative estimate of drug-likeness (QED) is 0.812. The fourth-order valence-corrected chi connectivity index (χ4v) is 4.64. The normalized spacial score (nSPS) is 19.4. The molecular formula is C25H31N3O2. The van der Waals surface area contributed by atoms with Gasteiger partial charge in [-0.3, -0.25) is 4.79 Å². The van der Waals surface area contributed by atoms with Gasteiger partial charge in [0, 0.05) is 31.9 Å². The van der Waals surface area contributed by atoms with Crippen molar-refractivity contribution < 1.29 is 9.59 Å². The number of nitrogens with zero attached hydrogens (tertiary/aromatic N) is 2. The Bertz CT molecular complexity index is 911. The predicted octanol–water partition coefficient (Wildman–Crippen LogP) is 4.26. The summed E-state index contributed by atoms with van der Waals surface area (Å²) in [5.41, 5.74) is 4.69. The molecule has 5 nitrogen and oxygen atoms in total. The van der Waals surface area contributed by atoms with E-state index < -0.39 is 0 Å². The molecule has 30 heavy (non-hydrogen) atoms. The number of aryl methyl sites for hydroxylation is 2. The Balaban J connectivity index is 1.36. The van der Waals surface area contributed by atoms with E-state index in [9.17, 15) is 9.59 Å². The van der Waals surface area contributed by atoms with Gasteiger partial charge in [-0.05, 0) is 67.9 Å². The molecule has 1 fully saturated rings. The zero-order valence-corrected chi connectivity index (χ0v) is 17.8. The van der Waals surface area contributed by atoms with Gasteiger partial charge in [-0.1, -0.05) is 36.4 Å². The van der Waals surface area contributed by atoms with Crippen LogP contribution in [0.25, 0.3) is 0 Å². The zero-order valence-electron chi connectivity index (χ0n) is 17.8. The fraction of sp³-hybridized carbons (Fsp3) is 0.440. The van der Waals surface area contributed by atoms with Crippen molar-refractivity contribution in [2.24, 2.45) is 5.92 Å². The van der Waals surface area contributed by atoms with E-state index in [0.717, 1.165) is 56.4 Å². The summed E-state index contributed by atoms with van der Waals surface area (Å²) >= 11 is 0. The number of piperidine rings is 1. The topological polar surface area (TPSA) is 52.7 Å². The summed E-state index contributed by atoms with van der Waals surface area (Å²) in [7, 11) is 0. The number of amides is 3. The van der Waals surface area contributed by atoms with Crippen molar-refractivity contribution in [1.29, 1.82) is 0 Å². The molecule has 5 heteroatoms. The number of carbonyl (C=O) groups is 2. The Kier molecular flexibility index (Phi) is 6.36. The highest BCUT2D eigenvalue weighted by atomic mass is 16.2. The van der Waals surface area contributed by atoms with Crippen molar-refractivity contribution in [2.45, 2.75) is 39.0 Å². The third kappa shape index (κ3) is 4.84. The van der Waals surface area contributed by atoms with Crippen LogP contribution in [0.5, 0.6) is 0 Å². The fourth-order valence-electron chi connectivity index (χ4n) is 4.64. The molecule has 2 aromatic carbocycles. The average molecular weight is 406 g/mol. The first-order valence-corrected chi connectivity index (χ1v) is 11.1. The second kappa shape index (κ2) is 9.33. The number of urea groups is 1. The van der Waals surface area contributed by atoms with E-state index in [4.69, 9.17) is 0 Å². The van der Waals surface area contributed by atoms with Crippen molar-refractivity contribution >= 4 is 17.6 Å². The van der Waals surface area contributed by atoms with Crippen LogP contribution in [-0.4, -0.2) is 47.9 Å². The molecule has 2 heterocycles. The molecule has 0 bridgehead atoms. The van der Waals surface area contributed by atoms with E-state index in [-0.39, 0.29) is 17.9 Å². The van der Waals surface area contributed by atoms with Gasteiger partial charge in [0.2, 0.25) is 5.91 Å². The van der Waals surface area contributed by atoms with Gasteiger partial charge in [-0.15, -0.1) is 0 Å². The monoisotopic (exact) mass is 405 g/mol. The van der Waals surface area contributed by atoms with Gasteiger partial charge < -0.3 is 15.1 Å². The molecule has 1 N–H and O–H groups in total. The Hall–Kier alpha value is -2.82. The summed E-state index contributed by atoms with van der Waals surface area (Å²) < 4.78 is 0. The van der Waals surface area contributed by atoms with E-state index in [1.807, 2.05) is 36.1 Å². The number of rotatable bonds is 2. The van der Waals surface area contributed by atoms with Crippen molar-refractivity contribution in [2.75, 3.05) is 31.5 Å². The Morgan fingerprint density at radius 2 is 1.67 bits per heavy atom. The summed E-state index contributed by atoms with van der Waals surface area (Å²) in [6.07, 6.45) is 4.66. The van der Waals surface area contributed by atoms with E-state index >= 15 is 0 Å². The lowest BCUT2D eigenvalue weighted by Crippen LogP contribution is -2.48. The molecule has 1 saturated heterocycles. The molecule has 0 spiro atoms. The van der Waals surface area contributed by atoms with Crippen molar-refractivity contribution in [3.63, 3.8) is 0 Å². The molecular weight excluding hydrogens is 374 g/mol. The number of benzene rings is 2. The van der Waals surface area contributed by atoms with Crippen LogP contribution in [0.2, 0.25) is 0 Å². The highest BCUT2D eigenvalue weighted by Crippen LogP contribution is 2.22. The van der Waals surface area contributed by atoms with E-state index in [0.29, 0.717) is 13.1 Å². The molecule has 0 aromatic heterocycles. The minimum Gasteiger partial charge on any atom is -0.342 e. The van der Waals surface area contributed by atoms with Gasteiger partial charge in [0.1, 0.15) is 0 Å². The summed E-state index contributed by atoms with van der Waals surface area (Å²) in [5.74, 6) is 0.110. The lowest BCUT2D eigenvalue weighted by molar-refractivity contribution is -0.137. The Morgan fingerprint density at radius 1 is 0.900 bits per heavy atom. The molecule has 2 aliphatic heterocycles. The molecule has 2 aliphatic rings. The standard InChI is InChI=1S/C25H31N3O2/c1-19-7-4-12-23(17-19)26-25(30)28-15-6-11-22(18-28)24(29)27-14-5-10-20-8-2-3-9-21(20)13-16-27/h2-4,7-9,12,17,22H,5-6,10-11,13-16,18H2,1H3,(H,26,30). The third-order valence-corrected chi connectivity index (χ3v) is 6.28. The minimum atomic E-state index is -0.111. The molecule has 2 aromatic rings. The second-order valence-electron chi connectivity index (χ2n) is 8.53. The summed E-state index contributed by atoms with van der Waals surface area (Å²) in [6.45, 7) is 4.78. The molecule has 0 aliphatic carbocycles. The Morgan fingerprint density at radius 3 is 2.47 bits per heavy atom. The highest BCUT2D eigenvalue weighted by molar-refractivity contribution is 5.90. The van der Waals surface area contributed by atoms with E-state index in [2.05, 4.69) is 29.6 Å². The van der Waals surface area contributed by atoms with Gasteiger partial charge >= 0.3 is 6.03 Å². The molecule has 0 saturated carbocycles. The van der Waals surface area contributed by atoms with Gasteiger partial charge in [0.05, 0.1) is 5.92 Å². The van der Waals surface area contributed by atoms with Gasteiger partial charge in [-0.2, -0.15) is 0 Å². The largest absolute Gasteiger partial charge is 0.342 e. The van der Waals surface area contributed by atoms with Crippen LogP contribution in [0, 0.1) is 12.8 Å². The molecule has 1 unspecified atom stereocenters. The molecule has 0 radical (unpaired) electrons. The average Bonchev–Trinajstić information content (AvgIpc) is 2.74. The minimum absolute atomic E-state index is 0.100. The lowest BCUT2D eigenvalue weighted by Gasteiger charge is -2.35. The molecule has 4 rings (SSSR count). The van der Waals surface area contributed by atoms with Crippen LogP contribution < -0.4 is 5.32 Å². The maximum absolute atomic E-state index is 13.3. The number of likely N-dealkylation sites (tertiary alicyclic amines) is 1. The SMILES string of the molecule is Cc1cccc(NC(=O)N2CCCC(C(=O)N3CCCc4ccccc4CC3)C2)c1. The van der Waals surface area contributed by atoms with Crippen LogP contribution in [0.4, 0.5) is 10.5 Å². The summed E-state index contributed by atoms with van der Waals surface area (Å²) in [5, 5.41) is 2.98. The zero-order chi connectivity index (χ0) is 20.9. The molecule has 158 valence electrons. The first-order chi connectivity index (χ1) is 14.6. The van der Waals surface area contributed by atoms with Crippen molar-refractivity contribution in [3.8, 4) is 0 Å². The molecule has 1 atom stereocenters. The highest BCUT2D eigenvalue weighted by Gasteiger charge is 2.31. The lowest BCUT2D eigenvalue weighted by atomic mass is 9.94. The maximum atomic E-state index is 13.3. The smallest absolute Gasteiger partial charge is 0.321 e. The number of fused-ring (bicyclic) bond motifs is 1. The first-order valence-electron chi connectivity index (χ1n) is 11.1. The summed E-state index contributed by atoms with van der Waals surface area (Å²) in [4.78, 5) is 29.8. The van der Waals surface area contributed by atoms with Crippen LogP contribution in [0.3, 0.4) is 0 Å². The van der Waals surface area contributed by atoms with Crippen LogP contribution in [-0.2, 0) is 17.6 Å². The van der Waals surface area contributed by atoms with Crippen LogP contribution in [0.1, 0.15) is 36.0 Å². The van der Waals surface area contributed by atoms with Crippen molar-refractivity contribution in [3.05, 3.63) is 65.2 Å². The second-order valence-corrected chi connectivity index (χ2v) is 8.53. The third-order valence-electron chi connectivity index (χ3n) is 6.28. The number of carbonyl (C=O) groups excluding carboxylic acids is 2. The van der Waals surface area contributed by atoms with E-state index in [1.165, 1.54) is 11.1 Å². The first kappa shape index (κ1) is 20.5. The van der Waals surface area contributed by atoms with Gasteiger partial charge in [0.15, 0.2) is 0 Å². The number of nitrogens with one attached hydrogen (secondary N) is 1. The van der Waals surface area contributed by atoms with Crippen LogP contribution in [0.15, 0.2) is 48.5 Å². The van der Waals surface area contributed by atoms with Gasteiger partial charge in [-0.25, -0.2) is 4.79 Å². The van der Waals surface area contributed by atoms with E-state index in [1.54, 1.807) is 4.90 Å². The predicted molar refractivity (Wildman–Crippen MR) is 120 cm³/mol. The summed E-state index contributed by atoms with van der Waals surface area (Å²) in [6, 6.07) is 16.3.